The molecule has 8 nitrogen and oxygen atoms in total. The van der Waals surface area contributed by atoms with Crippen LogP contribution in [0.1, 0.15) is 18.9 Å². The van der Waals surface area contributed by atoms with Crippen LogP contribution in [0.3, 0.4) is 0 Å². The van der Waals surface area contributed by atoms with Crippen LogP contribution >= 0.6 is 11.3 Å². The number of methoxy groups -OCH3 is 3. The standard InChI is InChI=1S/C23H23N3O5S/c1-5-10-31-16-8-6-15(7-9-16)21-24-23-26(25-21)22(27)19(32-23)13-14-11-17(28-2)20(30-4)18(12-14)29-3/h6-9,11-13H,5,10H2,1-4H3. The molecule has 9 heteroatoms. The minimum atomic E-state index is -0.236. The maximum Gasteiger partial charge on any atom is 0.291 e. The SMILES string of the molecule is CCCOc1ccc(-c2nc3sc(=Cc4cc(OC)c(OC)c(OC)c4)c(=O)n3n2)cc1. The minimum Gasteiger partial charge on any atom is -0.494 e. The molecule has 166 valence electrons. The number of hydrogen-bond donors (Lipinski definition) is 0. The van der Waals surface area contributed by atoms with Crippen LogP contribution in [0.25, 0.3) is 22.4 Å². The molecule has 0 bridgehead atoms. The third-order valence-corrected chi connectivity index (χ3v) is 5.71. The number of thiazole rings is 1. The normalized spacial score (nSPS) is 11.7. The summed E-state index contributed by atoms with van der Waals surface area (Å²) in [5.41, 5.74) is 1.32. The highest BCUT2D eigenvalue weighted by Gasteiger charge is 2.15. The highest BCUT2D eigenvalue weighted by atomic mass is 32.1. The topological polar surface area (TPSA) is 84.2 Å². The fourth-order valence-corrected chi connectivity index (χ4v) is 4.12. The van der Waals surface area contributed by atoms with E-state index in [1.54, 1.807) is 39.5 Å². The van der Waals surface area contributed by atoms with E-state index in [9.17, 15) is 4.79 Å². The Morgan fingerprint density at radius 1 is 1.03 bits per heavy atom. The molecule has 0 aliphatic heterocycles. The van der Waals surface area contributed by atoms with Gasteiger partial charge in [0.15, 0.2) is 17.3 Å². The molecule has 4 aromatic rings. The van der Waals surface area contributed by atoms with Crippen LogP contribution in [0.15, 0.2) is 41.2 Å². The van der Waals surface area contributed by atoms with Gasteiger partial charge in [-0.1, -0.05) is 18.3 Å². The lowest BCUT2D eigenvalue weighted by Gasteiger charge is -2.12. The number of rotatable bonds is 8. The summed E-state index contributed by atoms with van der Waals surface area (Å²) in [6.07, 6.45) is 2.70. The van der Waals surface area contributed by atoms with Crippen molar-refractivity contribution in [2.45, 2.75) is 13.3 Å². The number of ether oxygens (including phenoxy) is 4. The first-order valence-electron chi connectivity index (χ1n) is 10.0. The van der Waals surface area contributed by atoms with Crippen molar-refractivity contribution in [3.8, 4) is 34.4 Å². The van der Waals surface area contributed by atoms with Gasteiger partial charge in [-0.15, -0.1) is 5.10 Å². The van der Waals surface area contributed by atoms with Crippen molar-refractivity contribution in [3.05, 3.63) is 56.8 Å². The lowest BCUT2D eigenvalue weighted by atomic mass is 10.1. The molecular weight excluding hydrogens is 430 g/mol. The molecule has 2 aromatic heterocycles. The van der Waals surface area contributed by atoms with Crippen LogP contribution in [0.4, 0.5) is 0 Å². The molecule has 0 fully saturated rings. The molecule has 0 aliphatic rings. The van der Waals surface area contributed by atoms with Gasteiger partial charge in [0, 0.05) is 5.56 Å². The van der Waals surface area contributed by atoms with E-state index >= 15 is 0 Å². The van der Waals surface area contributed by atoms with Gasteiger partial charge in [0.2, 0.25) is 10.7 Å². The van der Waals surface area contributed by atoms with Crippen molar-refractivity contribution >= 4 is 22.4 Å². The predicted octanol–water partition coefficient (Wildman–Crippen LogP) is 3.18. The van der Waals surface area contributed by atoms with Crippen molar-refractivity contribution in [1.29, 1.82) is 0 Å². The number of benzene rings is 2. The molecule has 0 radical (unpaired) electrons. The summed E-state index contributed by atoms with van der Waals surface area (Å²) >= 11 is 1.27. The fraction of sp³-hybridized carbons (Fsp3) is 0.261. The molecule has 0 N–H and O–H groups in total. The summed E-state index contributed by atoms with van der Waals surface area (Å²) in [5.74, 6) is 2.81. The van der Waals surface area contributed by atoms with Crippen molar-refractivity contribution in [1.82, 2.24) is 14.6 Å². The van der Waals surface area contributed by atoms with Gasteiger partial charge in [0.25, 0.3) is 5.56 Å². The Kier molecular flexibility index (Phi) is 6.27. The van der Waals surface area contributed by atoms with Crippen molar-refractivity contribution in [2.24, 2.45) is 0 Å². The van der Waals surface area contributed by atoms with Gasteiger partial charge in [0.05, 0.1) is 32.5 Å². The maximum atomic E-state index is 12.9. The van der Waals surface area contributed by atoms with Crippen molar-refractivity contribution in [3.63, 3.8) is 0 Å². The second-order valence-corrected chi connectivity index (χ2v) is 7.89. The number of fused-ring (bicyclic) bond motifs is 1. The Morgan fingerprint density at radius 2 is 1.72 bits per heavy atom. The Morgan fingerprint density at radius 3 is 2.28 bits per heavy atom. The predicted molar refractivity (Wildman–Crippen MR) is 123 cm³/mol. The van der Waals surface area contributed by atoms with E-state index < -0.39 is 0 Å². The molecule has 0 atom stereocenters. The molecular formula is C23H23N3O5S. The molecule has 0 saturated heterocycles. The molecule has 4 rings (SSSR count). The summed E-state index contributed by atoms with van der Waals surface area (Å²) in [6, 6.07) is 11.1. The second-order valence-electron chi connectivity index (χ2n) is 6.88. The highest BCUT2D eigenvalue weighted by Crippen LogP contribution is 2.38. The van der Waals surface area contributed by atoms with Crippen LogP contribution in [-0.2, 0) is 0 Å². The third kappa shape index (κ3) is 4.11. The summed E-state index contributed by atoms with van der Waals surface area (Å²) in [7, 11) is 4.64. The first-order chi connectivity index (χ1) is 15.6. The Bertz CT molecular complexity index is 1320. The third-order valence-electron chi connectivity index (χ3n) is 4.75. The molecule has 32 heavy (non-hydrogen) atoms. The van der Waals surface area contributed by atoms with Crippen LogP contribution < -0.4 is 29.0 Å². The number of aromatic nitrogens is 3. The second kappa shape index (κ2) is 9.27. The van der Waals surface area contributed by atoms with E-state index in [1.165, 1.54) is 15.9 Å². The van der Waals surface area contributed by atoms with Crippen molar-refractivity contribution < 1.29 is 18.9 Å². The van der Waals surface area contributed by atoms with Crippen LogP contribution in [0.5, 0.6) is 23.0 Å². The van der Waals surface area contributed by atoms with Gasteiger partial charge in [0.1, 0.15) is 5.75 Å². The lowest BCUT2D eigenvalue weighted by molar-refractivity contribution is 0.317. The molecule has 0 spiro atoms. The van der Waals surface area contributed by atoms with E-state index in [0.717, 1.165) is 23.3 Å². The average Bonchev–Trinajstić information content (AvgIpc) is 3.36. The van der Waals surface area contributed by atoms with E-state index in [4.69, 9.17) is 18.9 Å². The Labute approximate surface area is 188 Å². The summed E-state index contributed by atoms with van der Waals surface area (Å²) in [5, 5.41) is 4.40. The van der Waals surface area contributed by atoms with Crippen LogP contribution in [0, 0.1) is 0 Å². The maximum absolute atomic E-state index is 12.9. The lowest BCUT2D eigenvalue weighted by Crippen LogP contribution is -2.23. The minimum absolute atomic E-state index is 0.236. The first kappa shape index (κ1) is 21.6. The van der Waals surface area contributed by atoms with Gasteiger partial charge in [-0.3, -0.25) is 4.79 Å². The van der Waals surface area contributed by atoms with Gasteiger partial charge in [-0.2, -0.15) is 9.50 Å². The zero-order valence-corrected chi connectivity index (χ0v) is 19.1. The van der Waals surface area contributed by atoms with Gasteiger partial charge >= 0.3 is 0 Å². The van der Waals surface area contributed by atoms with Crippen LogP contribution in [-0.4, -0.2) is 42.5 Å². The van der Waals surface area contributed by atoms with E-state index in [1.807, 2.05) is 24.3 Å². The molecule has 2 heterocycles. The quantitative estimate of drug-likeness (QED) is 0.405. The largest absolute Gasteiger partial charge is 0.494 e. The fourth-order valence-electron chi connectivity index (χ4n) is 3.21. The van der Waals surface area contributed by atoms with E-state index in [0.29, 0.717) is 39.2 Å². The Hall–Kier alpha value is -3.59. The molecule has 0 saturated carbocycles. The van der Waals surface area contributed by atoms with E-state index in [-0.39, 0.29) is 5.56 Å². The summed E-state index contributed by atoms with van der Waals surface area (Å²) in [4.78, 5) is 18.0. The molecule has 0 unspecified atom stereocenters. The highest BCUT2D eigenvalue weighted by molar-refractivity contribution is 7.15. The smallest absolute Gasteiger partial charge is 0.291 e. The monoisotopic (exact) mass is 453 g/mol. The van der Waals surface area contributed by atoms with Gasteiger partial charge in [-0.25, -0.2) is 0 Å². The Balaban J connectivity index is 1.69. The van der Waals surface area contributed by atoms with Gasteiger partial charge < -0.3 is 18.9 Å². The molecule has 2 aromatic carbocycles. The zero-order chi connectivity index (χ0) is 22.7. The summed E-state index contributed by atoms with van der Waals surface area (Å²) in [6.45, 7) is 2.73. The molecule has 0 amide bonds. The average molecular weight is 454 g/mol. The van der Waals surface area contributed by atoms with Gasteiger partial charge in [-0.05, 0) is 54.5 Å². The number of hydrogen-bond acceptors (Lipinski definition) is 8. The summed E-state index contributed by atoms with van der Waals surface area (Å²) < 4.78 is 23.6. The molecule has 0 aliphatic carbocycles. The van der Waals surface area contributed by atoms with Crippen molar-refractivity contribution in [2.75, 3.05) is 27.9 Å². The zero-order valence-electron chi connectivity index (χ0n) is 18.2. The van der Waals surface area contributed by atoms with Crippen LogP contribution in [0.2, 0.25) is 0 Å². The number of nitrogens with zero attached hydrogens (tertiary/aromatic N) is 3. The van der Waals surface area contributed by atoms with E-state index in [2.05, 4.69) is 17.0 Å². The first-order valence-corrected chi connectivity index (χ1v) is 10.8.